The molecule has 4 heteroatoms. The lowest BCUT2D eigenvalue weighted by Crippen LogP contribution is -2.21. The van der Waals surface area contributed by atoms with E-state index in [9.17, 15) is 4.39 Å². The average Bonchev–Trinajstić information content (AvgIpc) is 2.35. The summed E-state index contributed by atoms with van der Waals surface area (Å²) < 4.78 is 25.4. The normalized spacial score (nSPS) is 16.5. The zero-order chi connectivity index (χ0) is 13.3. The first-order valence-corrected chi connectivity index (χ1v) is 6.26. The van der Waals surface area contributed by atoms with E-state index in [-0.39, 0.29) is 5.92 Å². The van der Waals surface area contributed by atoms with E-state index in [1.54, 1.807) is 19.9 Å². The highest BCUT2D eigenvalue weighted by Crippen LogP contribution is 2.40. The molecule has 1 aromatic carbocycles. The van der Waals surface area contributed by atoms with Crippen LogP contribution in [0.1, 0.15) is 37.8 Å². The lowest BCUT2D eigenvalue weighted by atomic mass is 9.87. The molecule has 0 aromatic heterocycles. The van der Waals surface area contributed by atoms with Gasteiger partial charge in [0.25, 0.3) is 0 Å². The van der Waals surface area contributed by atoms with Crippen molar-refractivity contribution in [1.82, 2.24) is 0 Å². The van der Waals surface area contributed by atoms with Gasteiger partial charge in [-0.05, 0) is 49.6 Å². The first kappa shape index (κ1) is 13.1. The molecule has 1 heterocycles. The molecular weight excluding hydrogens is 233 g/mol. The summed E-state index contributed by atoms with van der Waals surface area (Å²) in [7, 11) is 0. The number of hydrogen-bond acceptors (Lipinski definition) is 3. The SMILES string of the molecule is CC(CN)c1cc2c(cc1C(C)(C)F)OCCO2. The third-order valence-electron chi connectivity index (χ3n) is 3.24. The predicted octanol–water partition coefficient (Wildman–Crippen LogP) is 2.72. The van der Waals surface area contributed by atoms with Crippen molar-refractivity contribution >= 4 is 0 Å². The summed E-state index contributed by atoms with van der Waals surface area (Å²) in [5, 5.41) is 0. The molecule has 2 N–H and O–H groups in total. The molecule has 18 heavy (non-hydrogen) atoms. The predicted molar refractivity (Wildman–Crippen MR) is 69.0 cm³/mol. The minimum absolute atomic E-state index is 0.0888. The number of rotatable bonds is 3. The smallest absolute Gasteiger partial charge is 0.161 e. The van der Waals surface area contributed by atoms with Gasteiger partial charge in [0.2, 0.25) is 0 Å². The molecule has 0 fully saturated rings. The molecule has 1 aliphatic rings. The number of hydrogen-bond donors (Lipinski definition) is 1. The van der Waals surface area contributed by atoms with Crippen molar-refractivity contribution in [3.8, 4) is 11.5 Å². The van der Waals surface area contributed by atoms with Crippen LogP contribution in [0.5, 0.6) is 11.5 Å². The van der Waals surface area contributed by atoms with Gasteiger partial charge in [-0.25, -0.2) is 4.39 Å². The minimum Gasteiger partial charge on any atom is -0.486 e. The Balaban J connectivity index is 2.54. The van der Waals surface area contributed by atoms with Crippen LogP contribution in [-0.4, -0.2) is 19.8 Å². The summed E-state index contributed by atoms with van der Waals surface area (Å²) in [5.74, 6) is 1.39. The van der Waals surface area contributed by atoms with Crippen molar-refractivity contribution in [2.24, 2.45) is 5.73 Å². The molecule has 0 spiro atoms. The summed E-state index contributed by atoms with van der Waals surface area (Å²) in [5.41, 5.74) is 5.80. The second-order valence-electron chi connectivity index (χ2n) is 5.19. The van der Waals surface area contributed by atoms with Crippen molar-refractivity contribution in [1.29, 1.82) is 0 Å². The summed E-state index contributed by atoms with van der Waals surface area (Å²) in [6, 6.07) is 3.61. The number of alkyl halides is 1. The monoisotopic (exact) mass is 253 g/mol. The molecule has 0 aliphatic carbocycles. The van der Waals surface area contributed by atoms with E-state index in [2.05, 4.69) is 0 Å². The second kappa shape index (κ2) is 4.76. The maximum Gasteiger partial charge on any atom is 0.161 e. The topological polar surface area (TPSA) is 44.5 Å². The summed E-state index contributed by atoms with van der Waals surface area (Å²) in [6.07, 6.45) is 0. The molecule has 3 nitrogen and oxygen atoms in total. The Morgan fingerprint density at radius 2 is 1.83 bits per heavy atom. The van der Waals surface area contributed by atoms with E-state index < -0.39 is 5.67 Å². The molecule has 0 amide bonds. The zero-order valence-electron chi connectivity index (χ0n) is 11.1. The van der Waals surface area contributed by atoms with Gasteiger partial charge in [0.1, 0.15) is 18.9 Å². The van der Waals surface area contributed by atoms with Gasteiger partial charge in [0, 0.05) is 0 Å². The highest BCUT2D eigenvalue weighted by atomic mass is 19.1. The Morgan fingerprint density at radius 3 is 2.33 bits per heavy atom. The van der Waals surface area contributed by atoms with Crippen LogP contribution in [0.2, 0.25) is 0 Å². The van der Waals surface area contributed by atoms with Crippen molar-refractivity contribution in [2.45, 2.75) is 32.4 Å². The van der Waals surface area contributed by atoms with Crippen molar-refractivity contribution in [3.63, 3.8) is 0 Å². The summed E-state index contributed by atoms with van der Waals surface area (Å²) >= 11 is 0. The van der Waals surface area contributed by atoms with E-state index in [0.29, 0.717) is 36.8 Å². The van der Waals surface area contributed by atoms with Gasteiger partial charge in [0.15, 0.2) is 11.5 Å². The van der Waals surface area contributed by atoms with E-state index in [1.165, 1.54) is 0 Å². The van der Waals surface area contributed by atoms with Crippen LogP contribution in [0, 0.1) is 0 Å². The number of halogens is 1. The number of ether oxygens (including phenoxy) is 2. The number of benzene rings is 1. The van der Waals surface area contributed by atoms with Crippen LogP contribution in [0.4, 0.5) is 4.39 Å². The van der Waals surface area contributed by atoms with Gasteiger partial charge < -0.3 is 15.2 Å². The number of fused-ring (bicyclic) bond motifs is 1. The maximum atomic E-state index is 14.3. The quantitative estimate of drug-likeness (QED) is 0.900. The van der Waals surface area contributed by atoms with Crippen molar-refractivity contribution in [3.05, 3.63) is 23.3 Å². The highest BCUT2D eigenvalue weighted by molar-refractivity contribution is 5.51. The van der Waals surface area contributed by atoms with Crippen molar-refractivity contribution < 1.29 is 13.9 Å². The molecular formula is C14H20FNO2. The first-order valence-electron chi connectivity index (χ1n) is 6.26. The van der Waals surface area contributed by atoms with Crippen LogP contribution < -0.4 is 15.2 Å². The summed E-state index contributed by atoms with van der Waals surface area (Å²) in [6.45, 7) is 6.59. The Bertz CT molecular complexity index is 440. The molecule has 1 atom stereocenters. The van der Waals surface area contributed by atoms with E-state index in [0.717, 1.165) is 5.56 Å². The largest absolute Gasteiger partial charge is 0.486 e. The maximum absolute atomic E-state index is 14.3. The molecule has 0 saturated heterocycles. The van der Waals surface area contributed by atoms with Crippen LogP contribution in [0.25, 0.3) is 0 Å². The standard InChI is InChI=1S/C14H20FNO2/c1-9(8-16)10-6-12-13(18-5-4-17-12)7-11(10)14(2,3)15/h6-7,9H,4-5,8,16H2,1-3H3. The molecule has 100 valence electrons. The van der Waals surface area contributed by atoms with Crippen LogP contribution >= 0.6 is 0 Å². The number of nitrogens with two attached hydrogens (primary N) is 1. The molecule has 2 rings (SSSR count). The molecule has 0 bridgehead atoms. The van der Waals surface area contributed by atoms with Crippen LogP contribution in [0.3, 0.4) is 0 Å². The first-order chi connectivity index (χ1) is 8.43. The lowest BCUT2D eigenvalue weighted by molar-refractivity contribution is 0.168. The molecule has 0 saturated carbocycles. The third-order valence-corrected chi connectivity index (χ3v) is 3.24. The Hall–Kier alpha value is -1.29. The fraction of sp³-hybridized carbons (Fsp3) is 0.571. The van der Waals surface area contributed by atoms with Gasteiger partial charge in [-0.1, -0.05) is 6.92 Å². The fourth-order valence-electron chi connectivity index (χ4n) is 2.15. The molecule has 0 radical (unpaired) electrons. The van der Waals surface area contributed by atoms with Gasteiger partial charge in [-0.15, -0.1) is 0 Å². The zero-order valence-corrected chi connectivity index (χ0v) is 11.1. The van der Waals surface area contributed by atoms with E-state index in [4.69, 9.17) is 15.2 Å². The second-order valence-corrected chi connectivity index (χ2v) is 5.19. The fourth-order valence-corrected chi connectivity index (χ4v) is 2.15. The molecule has 1 unspecified atom stereocenters. The van der Waals surface area contributed by atoms with Gasteiger partial charge >= 0.3 is 0 Å². The van der Waals surface area contributed by atoms with Crippen LogP contribution in [-0.2, 0) is 5.67 Å². The van der Waals surface area contributed by atoms with Gasteiger partial charge in [-0.3, -0.25) is 0 Å². The van der Waals surface area contributed by atoms with Crippen molar-refractivity contribution in [2.75, 3.05) is 19.8 Å². The Morgan fingerprint density at radius 1 is 1.28 bits per heavy atom. The lowest BCUT2D eigenvalue weighted by Gasteiger charge is -2.27. The Labute approximate surface area is 107 Å². The van der Waals surface area contributed by atoms with Gasteiger partial charge in [0.05, 0.1) is 0 Å². The van der Waals surface area contributed by atoms with Gasteiger partial charge in [-0.2, -0.15) is 0 Å². The summed E-state index contributed by atoms with van der Waals surface area (Å²) in [4.78, 5) is 0. The van der Waals surface area contributed by atoms with E-state index in [1.807, 2.05) is 13.0 Å². The minimum atomic E-state index is -1.42. The van der Waals surface area contributed by atoms with E-state index >= 15 is 0 Å². The molecule has 1 aromatic rings. The van der Waals surface area contributed by atoms with Crippen LogP contribution in [0.15, 0.2) is 12.1 Å². The third kappa shape index (κ3) is 2.43. The highest BCUT2D eigenvalue weighted by Gasteiger charge is 2.28. The molecule has 1 aliphatic heterocycles. The Kier molecular flexibility index (Phi) is 3.48. The average molecular weight is 253 g/mol.